The molecule has 0 bridgehead atoms. The first-order valence-electron chi connectivity index (χ1n) is 10.5. The lowest BCUT2D eigenvalue weighted by atomic mass is 10.4. The van der Waals surface area contributed by atoms with Crippen molar-refractivity contribution >= 4 is 13.2 Å². The van der Waals surface area contributed by atoms with Gasteiger partial charge in [0.05, 0.1) is 24.6 Å². The molecule has 0 unspecified atom stereocenters. The molecule has 0 aliphatic rings. The molecule has 0 atom stereocenters. The molecule has 150 valence electrons. The average Bonchev–Trinajstić information content (AvgIpc) is 2.68. The second kappa shape index (κ2) is 16.2. The van der Waals surface area contributed by atoms with Crippen molar-refractivity contribution in [3.05, 3.63) is 30.1 Å². The average molecular weight is 383 g/mol. The van der Waals surface area contributed by atoms with E-state index in [0.29, 0.717) is 0 Å². The molecule has 1 aromatic heterocycles. The normalized spacial score (nSPS) is 10.9. The van der Waals surface area contributed by atoms with Crippen LogP contribution in [0.3, 0.4) is 0 Å². The van der Waals surface area contributed by atoms with Gasteiger partial charge in [0.15, 0.2) is 0 Å². The SMILES string of the molecule is CCCC[P+](CCCC)(CCCC)CCCC.O=C(O)c1ccccn1. The van der Waals surface area contributed by atoms with Crippen molar-refractivity contribution in [2.45, 2.75) is 79.1 Å². The highest BCUT2D eigenvalue weighted by Gasteiger charge is 2.34. The van der Waals surface area contributed by atoms with E-state index in [-0.39, 0.29) is 5.69 Å². The van der Waals surface area contributed by atoms with Gasteiger partial charge in [-0.2, -0.15) is 0 Å². The minimum Gasteiger partial charge on any atom is -0.477 e. The number of hydrogen-bond donors (Lipinski definition) is 1. The quantitative estimate of drug-likeness (QED) is 0.374. The van der Waals surface area contributed by atoms with Crippen LogP contribution in [-0.4, -0.2) is 40.7 Å². The first kappa shape index (κ1) is 25.1. The molecule has 0 aliphatic heterocycles. The van der Waals surface area contributed by atoms with Crippen molar-refractivity contribution in [1.82, 2.24) is 4.98 Å². The maximum Gasteiger partial charge on any atom is 0.354 e. The molecule has 4 heteroatoms. The molecule has 0 radical (unpaired) electrons. The largest absolute Gasteiger partial charge is 0.477 e. The van der Waals surface area contributed by atoms with E-state index in [1.807, 2.05) is 0 Å². The minimum absolute atomic E-state index is 0.0810. The molecule has 1 rings (SSSR count). The molecule has 0 amide bonds. The summed E-state index contributed by atoms with van der Waals surface area (Å²) < 4.78 is 0. The zero-order chi connectivity index (χ0) is 19.7. The Bertz CT molecular complexity index is 413. The molecule has 0 saturated carbocycles. The van der Waals surface area contributed by atoms with E-state index in [1.165, 1.54) is 63.6 Å². The van der Waals surface area contributed by atoms with E-state index in [9.17, 15) is 4.79 Å². The van der Waals surface area contributed by atoms with Crippen LogP contribution in [0, 0.1) is 0 Å². The van der Waals surface area contributed by atoms with Gasteiger partial charge >= 0.3 is 5.97 Å². The van der Waals surface area contributed by atoms with Gasteiger partial charge in [-0.1, -0.05) is 59.4 Å². The maximum absolute atomic E-state index is 10.1. The molecule has 1 N–H and O–H groups in total. The summed E-state index contributed by atoms with van der Waals surface area (Å²) in [6, 6.07) is 4.76. The lowest BCUT2D eigenvalue weighted by Crippen LogP contribution is -2.12. The van der Waals surface area contributed by atoms with Crippen LogP contribution in [-0.2, 0) is 0 Å². The summed E-state index contributed by atoms with van der Waals surface area (Å²) in [6.07, 6.45) is 19.4. The van der Waals surface area contributed by atoms with Gasteiger partial charge in [0.1, 0.15) is 5.69 Å². The third-order valence-electron chi connectivity index (χ3n) is 4.83. The van der Waals surface area contributed by atoms with Crippen LogP contribution >= 0.6 is 7.26 Å². The lowest BCUT2D eigenvalue weighted by Gasteiger charge is -2.28. The molecule has 0 aliphatic carbocycles. The van der Waals surface area contributed by atoms with Crippen LogP contribution in [0.25, 0.3) is 0 Å². The Hall–Kier alpha value is -0.950. The number of nitrogens with zero attached hydrogens (tertiary/aromatic N) is 1. The van der Waals surface area contributed by atoms with Gasteiger partial charge in [0, 0.05) is 13.5 Å². The Labute approximate surface area is 162 Å². The lowest BCUT2D eigenvalue weighted by molar-refractivity contribution is 0.0690. The number of aromatic carboxylic acids is 1. The number of aromatic nitrogens is 1. The molecule has 1 heterocycles. The zero-order valence-electron chi connectivity index (χ0n) is 17.5. The summed E-state index contributed by atoms with van der Waals surface area (Å²) in [6.45, 7) is 9.42. The van der Waals surface area contributed by atoms with Crippen LogP contribution < -0.4 is 0 Å². The number of rotatable bonds is 13. The predicted molar refractivity (Wildman–Crippen MR) is 117 cm³/mol. The van der Waals surface area contributed by atoms with Crippen LogP contribution in [0.15, 0.2) is 24.4 Å². The summed E-state index contributed by atoms with van der Waals surface area (Å²) in [4.78, 5) is 13.7. The number of hydrogen-bond acceptors (Lipinski definition) is 2. The van der Waals surface area contributed by atoms with Gasteiger partial charge in [0.25, 0.3) is 0 Å². The summed E-state index contributed by atoms with van der Waals surface area (Å²) in [5.74, 6) is -0.990. The van der Waals surface area contributed by atoms with Crippen molar-refractivity contribution in [3.63, 3.8) is 0 Å². The molecule has 0 spiro atoms. The first-order valence-corrected chi connectivity index (χ1v) is 13.1. The van der Waals surface area contributed by atoms with Crippen molar-refractivity contribution < 1.29 is 9.90 Å². The summed E-state index contributed by atoms with van der Waals surface area (Å²) in [5.41, 5.74) is 0.0810. The van der Waals surface area contributed by atoms with Crippen molar-refractivity contribution in [2.24, 2.45) is 0 Å². The number of carboxylic acid groups (broad SMARTS) is 1. The van der Waals surface area contributed by atoms with E-state index in [2.05, 4.69) is 32.7 Å². The Morgan fingerprint density at radius 3 is 1.50 bits per heavy atom. The Balaban J connectivity index is 0.000000577. The van der Waals surface area contributed by atoms with E-state index in [4.69, 9.17) is 5.11 Å². The number of carbonyl (C=O) groups is 1. The number of pyridine rings is 1. The van der Waals surface area contributed by atoms with Crippen LogP contribution in [0.2, 0.25) is 0 Å². The number of carboxylic acids is 1. The second-order valence-electron chi connectivity index (χ2n) is 7.17. The van der Waals surface area contributed by atoms with Crippen LogP contribution in [0.1, 0.15) is 89.5 Å². The third-order valence-corrected chi connectivity index (χ3v) is 9.89. The van der Waals surface area contributed by atoms with Crippen molar-refractivity contribution in [1.29, 1.82) is 0 Å². The number of unbranched alkanes of at least 4 members (excludes halogenated alkanes) is 4. The Kier molecular flexibility index (Phi) is 15.6. The van der Waals surface area contributed by atoms with Gasteiger partial charge in [-0.05, 0) is 37.8 Å². The topological polar surface area (TPSA) is 50.2 Å². The molecular weight excluding hydrogens is 341 g/mol. The molecule has 0 aromatic carbocycles. The summed E-state index contributed by atoms with van der Waals surface area (Å²) in [5, 5.41) is 8.32. The molecule has 26 heavy (non-hydrogen) atoms. The molecule has 0 fully saturated rings. The highest BCUT2D eigenvalue weighted by Crippen LogP contribution is 2.61. The van der Waals surface area contributed by atoms with Crippen LogP contribution in [0.4, 0.5) is 0 Å². The van der Waals surface area contributed by atoms with Gasteiger partial charge in [-0.25, -0.2) is 9.78 Å². The predicted octanol–water partition coefficient (Wildman–Crippen LogP) is 6.98. The van der Waals surface area contributed by atoms with Crippen molar-refractivity contribution in [3.8, 4) is 0 Å². The van der Waals surface area contributed by atoms with Crippen molar-refractivity contribution in [2.75, 3.05) is 24.6 Å². The first-order chi connectivity index (χ1) is 12.5. The summed E-state index contributed by atoms with van der Waals surface area (Å²) >= 11 is 0. The van der Waals surface area contributed by atoms with E-state index < -0.39 is 13.2 Å². The van der Waals surface area contributed by atoms with E-state index >= 15 is 0 Å². The summed E-state index contributed by atoms with van der Waals surface area (Å²) in [7, 11) is -0.562. The molecule has 0 saturated heterocycles. The molecular formula is C22H41NO2P+. The fraction of sp³-hybridized carbons (Fsp3) is 0.727. The maximum atomic E-state index is 10.1. The highest BCUT2D eigenvalue weighted by atomic mass is 31.2. The van der Waals surface area contributed by atoms with Gasteiger partial charge < -0.3 is 5.11 Å². The molecule has 3 nitrogen and oxygen atoms in total. The molecule has 1 aromatic rings. The van der Waals surface area contributed by atoms with Gasteiger partial charge in [-0.3, -0.25) is 0 Å². The van der Waals surface area contributed by atoms with Crippen LogP contribution in [0.5, 0.6) is 0 Å². The van der Waals surface area contributed by atoms with E-state index in [0.717, 1.165) is 0 Å². The standard InChI is InChI=1S/C16H36P.C6H5NO2/c1-5-9-13-17(14-10-6-2,15-11-7-3)16-12-8-4;8-6(9)5-3-1-2-4-7-5/h5-16H2,1-4H3;1-4H,(H,8,9)/q+1;. The highest BCUT2D eigenvalue weighted by molar-refractivity contribution is 7.75. The minimum atomic E-state index is -0.990. The zero-order valence-corrected chi connectivity index (χ0v) is 18.4. The van der Waals surface area contributed by atoms with Gasteiger partial charge in [0.2, 0.25) is 0 Å². The van der Waals surface area contributed by atoms with Gasteiger partial charge in [-0.15, -0.1) is 0 Å². The fourth-order valence-corrected chi connectivity index (χ4v) is 8.42. The Morgan fingerprint density at radius 1 is 0.846 bits per heavy atom. The monoisotopic (exact) mass is 382 g/mol. The van der Waals surface area contributed by atoms with E-state index in [1.54, 1.807) is 36.8 Å². The Morgan fingerprint density at radius 2 is 1.27 bits per heavy atom. The fourth-order valence-electron chi connectivity index (χ4n) is 3.13. The third kappa shape index (κ3) is 11.6. The smallest absolute Gasteiger partial charge is 0.354 e. The second-order valence-corrected chi connectivity index (χ2v) is 11.6.